The van der Waals surface area contributed by atoms with Gasteiger partial charge in [-0.2, -0.15) is 0 Å². The molecule has 4 nitrogen and oxygen atoms in total. The predicted octanol–water partition coefficient (Wildman–Crippen LogP) is -2.04. The van der Waals surface area contributed by atoms with Crippen molar-refractivity contribution in [2.75, 3.05) is 13.2 Å². The van der Waals surface area contributed by atoms with Crippen molar-refractivity contribution in [3.63, 3.8) is 0 Å². The number of rotatable bonds is 2. The lowest BCUT2D eigenvalue weighted by Gasteiger charge is -2.21. The molecule has 1 aliphatic rings. The minimum atomic E-state index is -1.19. The van der Waals surface area contributed by atoms with E-state index in [1.54, 1.807) is 0 Å². The lowest BCUT2D eigenvalue weighted by atomic mass is 10.2. The molecule has 0 amide bonds. The highest BCUT2D eigenvalue weighted by atomic mass is 16.5. The van der Waals surface area contributed by atoms with Crippen LogP contribution in [0.25, 0.3) is 0 Å². The van der Waals surface area contributed by atoms with Gasteiger partial charge in [-0.15, -0.1) is 0 Å². The van der Waals surface area contributed by atoms with Crippen molar-refractivity contribution in [2.24, 2.45) is 0 Å². The van der Waals surface area contributed by atoms with Crippen LogP contribution in [0.2, 0.25) is 0 Å². The van der Waals surface area contributed by atoms with Crippen molar-refractivity contribution < 1.29 is 15.9 Å². The first-order valence-electron chi connectivity index (χ1n) is 3.65. The quantitative estimate of drug-likeness (QED) is 0.394. The van der Waals surface area contributed by atoms with Crippen molar-refractivity contribution >= 4 is 0 Å². The molecule has 0 bridgehead atoms. The van der Waals surface area contributed by atoms with Crippen molar-refractivity contribution in [1.29, 1.82) is 0 Å². The average molecular weight is 147 g/mol. The first kappa shape index (κ1) is 7.94. The molecule has 1 heterocycles. The molecule has 5 N–H and O–H groups in total. The molecule has 0 spiro atoms. The van der Waals surface area contributed by atoms with Crippen LogP contribution in [0.1, 0.15) is 12.8 Å². The first-order valence-corrected chi connectivity index (χ1v) is 3.65. The number of hydrogen-bond donors (Lipinski definition) is 3. The van der Waals surface area contributed by atoms with E-state index >= 15 is 0 Å². The van der Waals surface area contributed by atoms with Crippen LogP contribution in [0.15, 0.2) is 0 Å². The monoisotopic (exact) mass is 147 g/mol. The Kier molecular flexibility index (Phi) is 2.62. The molecule has 0 aromatic rings. The Balaban J connectivity index is 2.42. The second-order valence-electron chi connectivity index (χ2n) is 2.66. The zero-order valence-electron chi connectivity index (χ0n) is 6.03. The van der Waals surface area contributed by atoms with Gasteiger partial charge in [-0.3, -0.25) is 0 Å². The molecule has 0 saturated carbocycles. The van der Waals surface area contributed by atoms with Crippen LogP contribution in [0.4, 0.5) is 0 Å². The molecule has 4 heteroatoms. The van der Waals surface area contributed by atoms with Crippen LogP contribution in [0, 0.1) is 0 Å². The van der Waals surface area contributed by atoms with E-state index in [4.69, 9.17) is 10.2 Å². The maximum atomic E-state index is 8.84. The van der Waals surface area contributed by atoms with Gasteiger partial charge in [-0.05, 0) is 12.8 Å². The largest absolute Gasteiger partial charge is 0.367 e. The normalized spacial score (nSPS) is 28.2. The summed E-state index contributed by atoms with van der Waals surface area (Å²) in [7, 11) is 0. The fraction of sp³-hybridized carbons (Fsp3) is 1.00. The summed E-state index contributed by atoms with van der Waals surface area (Å²) >= 11 is 0. The Hall–Kier alpha value is -0.160. The molecule has 0 aliphatic carbocycles. The molecular weight excluding hydrogens is 132 g/mol. The van der Waals surface area contributed by atoms with Gasteiger partial charge in [-0.1, -0.05) is 0 Å². The Morgan fingerprint density at radius 2 is 2.30 bits per heavy atom. The number of nitrogens with zero attached hydrogens (tertiary/aromatic N) is 1. The van der Waals surface area contributed by atoms with Gasteiger partial charge in [0.25, 0.3) is 0 Å². The Bertz CT molecular complexity index is 108. The minimum absolute atomic E-state index is 0.0718. The number of hydrogen-bond acceptors (Lipinski definition) is 3. The molecule has 1 saturated heterocycles. The van der Waals surface area contributed by atoms with E-state index in [0.29, 0.717) is 6.67 Å². The third kappa shape index (κ3) is 1.46. The van der Waals surface area contributed by atoms with Gasteiger partial charge in [0.05, 0.1) is 6.04 Å². The zero-order valence-corrected chi connectivity index (χ0v) is 6.03. The Labute approximate surface area is 60.2 Å². The molecule has 10 heavy (non-hydrogen) atoms. The average Bonchev–Trinajstić information content (AvgIpc) is 2.33. The van der Waals surface area contributed by atoms with Crippen LogP contribution >= 0.6 is 0 Å². The highest BCUT2D eigenvalue weighted by Gasteiger charge is 2.29. The van der Waals surface area contributed by atoms with E-state index in [-0.39, 0.29) is 6.04 Å². The van der Waals surface area contributed by atoms with Crippen LogP contribution in [0.3, 0.4) is 0 Å². The number of likely N-dealkylation sites (tertiary alicyclic amines) is 1. The van der Waals surface area contributed by atoms with Gasteiger partial charge >= 0.3 is 0 Å². The van der Waals surface area contributed by atoms with E-state index in [9.17, 15) is 0 Å². The highest BCUT2D eigenvalue weighted by molar-refractivity contribution is 4.77. The summed E-state index contributed by atoms with van der Waals surface area (Å²) in [6.45, 7) is 1.62. The lowest BCUT2D eigenvalue weighted by molar-refractivity contribution is -0.405. The molecule has 1 unspecified atom stereocenters. The Morgan fingerprint density at radius 3 is 2.70 bits per heavy atom. The predicted molar refractivity (Wildman–Crippen MR) is 35.7 cm³/mol. The molecule has 0 aromatic carbocycles. The van der Waals surface area contributed by atoms with Crippen molar-refractivity contribution in [2.45, 2.75) is 25.2 Å². The topological polar surface area (TPSA) is 71.3 Å². The molecular formula is C6H15N2O2+. The molecule has 1 aliphatic heterocycles. The van der Waals surface area contributed by atoms with Gasteiger partial charge in [0, 0.05) is 6.54 Å². The first-order chi connectivity index (χ1) is 4.75. The maximum Gasteiger partial charge on any atom is 0.167 e. The van der Waals surface area contributed by atoms with Crippen molar-refractivity contribution in [1.82, 2.24) is 4.90 Å². The minimum Gasteiger partial charge on any atom is -0.367 e. The third-order valence-corrected chi connectivity index (χ3v) is 2.05. The fourth-order valence-corrected chi connectivity index (χ4v) is 1.47. The van der Waals surface area contributed by atoms with Crippen molar-refractivity contribution in [3.05, 3.63) is 0 Å². The van der Waals surface area contributed by atoms with Crippen molar-refractivity contribution in [3.8, 4) is 0 Å². The molecule has 1 rings (SSSR count). The van der Waals surface area contributed by atoms with Gasteiger partial charge in [0.15, 0.2) is 6.29 Å². The molecule has 0 radical (unpaired) electrons. The van der Waals surface area contributed by atoms with E-state index < -0.39 is 6.29 Å². The molecule has 60 valence electrons. The van der Waals surface area contributed by atoms with Gasteiger partial charge in [0.2, 0.25) is 0 Å². The van der Waals surface area contributed by atoms with E-state index in [1.807, 2.05) is 4.90 Å². The molecule has 1 fully saturated rings. The molecule has 0 aromatic heterocycles. The number of quaternary nitrogens is 1. The SMILES string of the molecule is [NH3+]CN1CCCC1C(O)O. The summed E-state index contributed by atoms with van der Waals surface area (Å²) in [4.78, 5) is 1.99. The van der Waals surface area contributed by atoms with Gasteiger partial charge < -0.3 is 15.9 Å². The summed E-state index contributed by atoms with van der Waals surface area (Å²) in [5.41, 5.74) is 3.70. The molecule has 1 atom stereocenters. The second-order valence-corrected chi connectivity index (χ2v) is 2.66. The van der Waals surface area contributed by atoms with Crippen LogP contribution < -0.4 is 5.73 Å². The smallest absolute Gasteiger partial charge is 0.167 e. The van der Waals surface area contributed by atoms with Gasteiger partial charge in [-0.25, -0.2) is 4.90 Å². The van der Waals surface area contributed by atoms with Crippen LogP contribution in [-0.2, 0) is 0 Å². The van der Waals surface area contributed by atoms with E-state index in [0.717, 1.165) is 19.4 Å². The summed E-state index contributed by atoms with van der Waals surface area (Å²) in [5.74, 6) is 0. The van der Waals surface area contributed by atoms with E-state index in [2.05, 4.69) is 5.73 Å². The third-order valence-electron chi connectivity index (χ3n) is 2.05. The maximum absolute atomic E-state index is 8.84. The van der Waals surface area contributed by atoms with Crippen LogP contribution in [0.5, 0.6) is 0 Å². The number of aliphatic hydroxyl groups is 2. The van der Waals surface area contributed by atoms with E-state index in [1.165, 1.54) is 0 Å². The summed E-state index contributed by atoms with van der Waals surface area (Å²) < 4.78 is 0. The standard InChI is InChI=1S/C6H14N2O2/c7-4-8-3-1-2-5(8)6(9)10/h5-6,9-10H,1-4,7H2/p+1. The fourth-order valence-electron chi connectivity index (χ4n) is 1.47. The number of aliphatic hydroxyl groups excluding tert-OH is 1. The van der Waals surface area contributed by atoms with Gasteiger partial charge in [0.1, 0.15) is 6.67 Å². The summed E-state index contributed by atoms with van der Waals surface area (Å²) in [6, 6.07) is -0.0718. The second kappa shape index (κ2) is 3.30. The summed E-state index contributed by atoms with van der Waals surface area (Å²) in [6.07, 6.45) is 0.745. The zero-order chi connectivity index (χ0) is 7.56. The summed E-state index contributed by atoms with van der Waals surface area (Å²) in [5, 5.41) is 17.7. The van der Waals surface area contributed by atoms with Crippen LogP contribution in [-0.4, -0.2) is 40.7 Å². The lowest BCUT2D eigenvalue weighted by Crippen LogP contribution is -2.61. The Morgan fingerprint density at radius 1 is 1.60 bits per heavy atom. The highest BCUT2D eigenvalue weighted by Crippen LogP contribution is 2.16.